The van der Waals surface area contributed by atoms with E-state index < -0.39 is 14.3 Å². The summed E-state index contributed by atoms with van der Waals surface area (Å²) in [6.45, 7) is 8.35. The normalized spacial score (nSPS) is 17.8. The summed E-state index contributed by atoms with van der Waals surface area (Å²) in [5.74, 6) is 0. The second-order valence-corrected chi connectivity index (χ2v) is 12.1. The molecule has 1 aliphatic heterocycles. The van der Waals surface area contributed by atoms with Gasteiger partial charge in [-0.2, -0.15) is 0 Å². The zero-order valence-corrected chi connectivity index (χ0v) is 19.1. The fraction of sp³-hybridized carbons (Fsp3) is 0.280. The van der Waals surface area contributed by atoms with Crippen molar-refractivity contribution in [2.24, 2.45) is 0 Å². The van der Waals surface area contributed by atoms with Crippen molar-refractivity contribution in [2.75, 3.05) is 0 Å². The molecule has 1 aliphatic rings. The first-order valence-electron chi connectivity index (χ1n) is 10.4. The van der Waals surface area contributed by atoms with Crippen LogP contribution in [0.4, 0.5) is 0 Å². The lowest BCUT2D eigenvalue weighted by Gasteiger charge is -2.32. The lowest BCUT2D eigenvalue weighted by Crippen LogP contribution is -2.41. The Morgan fingerprint density at radius 3 is 1.63 bits per heavy atom. The molecule has 1 heterocycles. The minimum atomic E-state index is -2.14. The molecule has 3 aromatic carbocycles. The molecule has 1 fully saturated rings. The molecule has 2 radical (unpaired) electrons. The molecule has 0 saturated carbocycles. The van der Waals surface area contributed by atoms with Gasteiger partial charge in [0.2, 0.25) is 0 Å². The fourth-order valence-corrected chi connectivity index (χ4v) is 6.76. The van der Waals surface area contributed by atoms with E-state index in [0.29, 0.717) is 0 Å². The van der Waals surface area contributed by atoms with Crippen LogP contribution in [0.25, 0.3) is 0 Å². The van der Waals surface area contributed by atoms with Crippen LogP contribution in [0, 0.1) is 0 Å². The van der Waals surface area contributed by atoms with E-state index in [2.05, 4.69) is 94.4 Å². The van der Waals surface area contributed by atoms with Gasteiger partial charge in [0.25, 0.3) is 0 Å². The molecule has 0 aromatic heterocycles. The van der Waals surface area contributed by atoms with Crippen LogP contribution in [0.2, 0.25) is 0 Å². The maximum Gasteiger partial charge on any atom is 0.495 e. The van der Waals surface area contributed by atoms with Crippen molar-refractivity contribution < 1.29 is 9.31 Å². The minimum Gasteiger partial charge on any atom is -0.399 e. The van der Waals surface area contributed by atoms with Crippen LogP contribution in [-0.2, 0) is 15.5 Å². The Balaban J connectivity index is 1.76. The second-order valence-electron chi connectivity index (χ2n) is 8.99. The van der Waals surface area contributed by atoms with Gasteiger partial charge >= 0.3 is 14.7 Å². The van der Waals surface area contributed by atoms with E-state index in [4.69, 9.17) is 16.9 Å². The molecule has 5 heteroatoms. The average Bonchev–Trinajstić information content (AvgIpc) is 2.96. The van der Waals surface area contributed by atoms with Crippen molar-refractivity contribution in [1.29, 1.82) is 0 Å². The molecule has 3 aromatic rings. The minimum absolute atomic E-state index is 0.376. The molecule has 0 atom stereocenters. The van der Waals surface area contributed by atoms with E-state index in [1.54, 1.807) is 0 Å². The standard InChI is InChI=1S/C25H28B2O2P/c1-24(2)25(3,4)29-27(28-24)23-18-12-11-13-20(23)19-30(26,21-14-7-5-8-15-21)22-16-9-6-10-17-22/h5-18H,19H2,1-4H3/q+1. The summed E-state index contributed by atoms with van der Waals surface area (Å²) in [6, 6.07) is 29.3. The van der Waals surface area contributed by atoms with Gasteiger partial charge in [0.15, 0.2) is 0 Å². The Hall–Kier alpha value is -1.86. The third kappa shape index (κ3) is 3.89. The Morgan fingerprint density at radius 2 is 1.13 bits per heavy atom. The molecule has 0 aliphatic carbocycles. The quantitative estimate of drug-likeness (QED) is 0.461. The van der Waals surface area contributed by atoms with E-state index in [1.807, 2.05) is 18.2 Å². The maximum absolute atomic E-state index is 7.28. The highest BCUT2D eigenvalue weighted by Crippen LogP contribution is 2.54. The number of benzene rings is 3. The van der Waals surface area contributed by atoms with E-state index in [1.165, 1.54) is 16.2 Å². The number of hydrogen-bond acceptors (Lipinski definition) is 2. The molecule has 1 saturated heterocycles. The maximum atomic E-state index is 7.28. The van der Waals surface area contributed by atoms with Crippen molar-refractivity contribution >= 4 is 37.9 Å². The van der Waals surface area contributed by atoms with Gasteiger partial charge in [-0.3, -0.25) is 0 Å². The third-order valence-corrected chi connectivity index (χ3v) is 9.69. The second kappa shape index (κ2) is 8.00. The van der Waals surface area contributed by atoms with Gasteiger partial charge in [-0.15, -0.1) is 0 Å². The highest BCUT2D eigenvalue weighted by atomic mass is 31.2. The average molecular weight is 413 g/mol. The first kappa shape index (κ1) is 21.4. The molecule has 150 valence electrons. The van der Waals surface area contributed by atoms with Crippen molar-refractivity contribution in [3.05, 3.63) is 90.5 Å². The summed E-state index contributed by atoms with van der Waals surface area (Å²) < 4.78 is 12.7. The van der Waals surface area contributed by atoms with Crippen LogP contribution < -0.4 is 16.1 Å². The Kier molecular flexibility index (Phi) is 5.70. The summed E-state index contributed by atoms with van der Waals surface area (Å²) in [7, 11) is 4.74. The number of hydrogen-bond donors (Lipinski definition) is 0. The summed E-state index contributed by atoms with van der Waals surface area (Å²) in [6.07, 6.45) is 0.751. The van der Waals surface area contributed by atoms with Crippen LogP contribution in [0.15, 0.2) is 84.9 Å². The first-order valence-corrected chi connectivity index (χ1v) is 12.5. The predicted octanol–water partition coefficient (Wildman–Crippen LogP) is 4.24. The zero-order chi connectivity index (χ0) is 21.4. The zero-order valence-electron chi connectivity index (χ0n) is 18.2. The molecule has 0 amide bonds. The van der Waals surface area contributed by atoms with Crippen molar-refractivity contribution in [2.45, 2.75) is 45.1 Å². The summed E-state index contributed by atoms with van der Waals surface area (Å²) in [5, 5.41) is 2.39. The Labute approximate surface area is 182 Å². The van der Waals surface area contributed by atoms with Crippen molar-refractivity contribution in [3.8, 4) is 0 Å². The highest BCUT2D eigenvalue weighted by molar-refractivity contribution is 8.07. The van der Waals surface area contributed by atoms with E-state index in [-0.39, 0.29) is 11.2 Å². The smallest absolute Gasteiger partial charge is 0.399 e. The summed E-state index contributed by atoms with van der Waals surface area (Å²) >= 11 is 0. The van der Waals surface area contributed by atoms with Crippen LogP contribution in [0.5, 0.6) is 0 Å². The lowest BCUT2D eigenvalue weighted by atomic mass is 9.76. The molecule has 2 nitrogen and oxygen atoms in total. The molecular weight excluding hydrogens is 385 g/mol. The Morgan fingerprint density at radius 1 is 0.700 bits per heavy atom. The van der Waals surface area contributed by atoms with Gasteiger partial charge in [0, 0.05) is 7.14 Å². The lowest BCUT2D eigenvalue weighted by molar-refractivity contribution is 0.00578. The van der Waals surface area contributed by atoms with Crippen LogP contribution in [0.1, 0.15) is 33.3 Å². The molecular formula is C25H28B2O2P+. The van der Waals surface area contributed by atoms with Gasteiger partial charge in [0.05, 0.1) is 28.0 Å². The SMILES string of the molecule is [B][P+](Cc1ccccc1B1OC(C)(C)C(C)(C)O1)(c1ccccc1)c1ccccc1. The van der Waals surface area contributed by atoms with Gasteiger partial charge in [-0.25, -0.2) is 0 Å². The largest absolute Gasteiger partial charge is 0.495 e. The van der Waals surface area contributed by atoms with Gasteiger partial charge < -0.3 is 9.31 Å². The third-order valence-electron chi connectivity index (χ3n) is 6.42. The highest BCUT2D eigenvalue weighted by Gasteiger charge is 2.52. The molecule has 0 N–H and O–H groups in total. The number of rotatable bonds is 5. The first-order chi connectivity index (χ1) is 14.2. The Bertz CT molecular complexity index is 950. The van der Waals surface area contributed by atoms with E-state index >= 15 is 0 Å². The van der Waals surface area contributed by atoms with Gasteiger partial charge in [-0.1, -0.05) is 60.7 Å². The van der Waals surface area contributed by atoms with Crippen LogP contribution >= 0.6 is 7.14 Å². The van der Waals surface area contributed by atoms with Crippen molar-refractivity contribution in [3.63, 3.8) is 0 Å². The van der Waals surface area contributed by atoms with Crippen LogP contribution in [-0.4, -0.2) is 25.9 Å². The monoisotopic (exact) mass is 413 g/mol. The van der Waals surface area contributed by atoms with Gasteiger partial charge in [-0.05, 0) is 63.0 Å². The molecule has 0 bridgehead atoms. The van der Waals surface area contributed by atoms with Gasteiger partial charge in [0.1, 0.15) is 0 Å². The topological polar surface area (TPSA) is 18.5 Å². The molecule has 4 rings (SSSR count). The van der Waals surface area contributed by atoms with E-state index in [9.17, 15) is 0 Å². The van der Waals surface area contributed by atoms with E-state index in [0.717, 1.165) is 11.6 Å². The predicted molar refractivity (Wildman–Crippen MR) is 131 cm³/mol. The summed E-state index contributed by atoms with van der Waals surface area (Å²) in [5.41, 5.74) is 1.49. The fourth-order valence-electron chi connectivity index (χ4n) is 3.87. The molecule has 0 unspecified atom stereocenters. The van der Waals surface area contributed by atoms with Crippen molar-refractivity contribution in [1.82, 2.24) is 0 Å². The molecule has 0 spiro atoms. The van der Waals surface area contributed by atoms with Crippen LogP contribution in [0.3, 0.4) is 0 Å². The summed E-state index contributed by atoms with van der Waals surface area (Å²) in [4.78, 5) is 0. The molecule has 30 heavy (non-hydrogen) atoms.